The molecule has 0 bridgehead atoms. The molecule has 0 aliphatic carbocycles. The summed E-state index contributed by atoms with van der Waals surface area (Å²) >= 11 is 1.43. The molecule has 2 heterocycles. The van der Waals surface area contributed by atoms with Crippen LogP contribution in [0.5, 0.6) is 5.75 Å². The van der Waals surface area contributed by atoms with Crippen molar-refractivity contribution in [2.45, 2.75) is 17.5 Å². The van der Waals surface area contributed by atoms with E-state index in [0.29, 0.717) is 23.3 Å². The molecule has 1 aliphatic heterocycles. The van der Waals surface area contributed by atoms with Gasteiger partial charge in [-0.15, -0.1) is 0 Å². The Bertz CT molecular complexity index is 664. The second-order valence-electron chi connectivity index (χ2n) is 4.36. The van der Waals surface area contributed by atoms with Gasteiger partial charge in [0.2, 0.25) is 0 Å². The largest absolute Gasteiger partial charge is 0.478 e. The van der Waals surface area contributed by atoms with Gasteiger partial charge in [0.1, 0.15) is 5.75 Å². The van der Waals surface area contributed by atoms with Crippen LogP contribution in [0.25, 0.3) is 0 Å². The first-order chi connectivity index (χ1) is 10.2. The maximum atomic E-state index is 11.2. The van der Waals surface area contributed by atoms with E-state index in [1.807, 2.05) is 0 Å². The smallest absolute Gasteiger partial charge is 0.335 e. The Labute approximate surface area is 125 Å². The van der Waals surface area contributed by atoms with E-state index >= 15 is 0 Å². The van der Waals surface area contributed by atoms with Crippen LogP contribution in [0.4, 0.5) is 0 Å². The predicted molar refractivity (Wildman–Crippen MR) is 75.3 cm³/mol. The Kier molecular flexibility index (Phi) is 4.03. The zero-order chi connectivity index (χ0) is 14.7. The van der Waals surface area contributed by atoms with Gasteiger partial charge >= 0.3 is 5.97 Å². The number of hydrogen-bond donors (Lipinski definition) is 1. The lowest BCUT2D eigenvalue weighted by molar-refractivity contribution is -0.0169. The molecule has 0 saturated carbocycles. The van der Waals surface area contributed by atoms with Crippen LogP contribution >= 0.6 is 11.8 Å². The van der Waals surface area contributed by atoms with Crippen LogP contribution < -0.4 is 4.74 Å². The van der Waals surface area contributed by atoms with Crippen molar-refractivity contribution in [3.8, 4) is 5.75 Å². The van der Waals surface area contributed by atoms with E-state index in [9.17, 15) is 9.90 Å². The van der Waals surface area contributed by atoms with Gasteiger partial charge in [0, 0.05) is 29.3 Å². The molecular formula is C14H12N2O4S. The molecule has 0 atom stereocenters. The van der Waals surface area contributed by atoms with Crippen LogP contribution in [0.2, 0.25) is 0 Å². The van der Waals surface area contributed by atoms with Gasteiger partial charge in [-0.3, -0.25) is 0 Å². The van der Waals surface area contributed by atoms with Crippen molar-refractivity contribution >= 4 is 17.7 Å². The molecule has 21 heavy (non-hydrogen) atoms. The Balaban J connectivity index is 1.89. The number of rotatable bonds is 4. The van der Waals surface area contributed by atoms with Crippen LogP contribution in [0.15, 0.2) is 35.7 Å². The average Bonchev–Trinajstić information content (AvgIpc) is 2.53. The van der Waals surface area contributed by atoms with Crippen LogP contribution in [0, 0.1) is 0 Å². The van der Waals surface area contributed by atoms with Gasteiger partial charge in [-0.1, -0.05) is 11.8 Å². The molecule has 1 N–H and O–H groups in total. The Morgan fingerprint density at radius 3 is 2.90 bits per heavy atom. The number of benzene rings is 1. The molecule has 1 aromatic carbocycles. The van der Waals surface area contributed by atoms with Crippen molar-refractivity contribution in [1.29, 1.82) is 0 Å². The van der Waals surface area contributed by atoms with Gasteiger partial charge in [0.25, 0.3) is 0 Å². The summed E-state index contributed by atoms with van der Waals surface area (Å²) in [5.41, 5.74) is 1.80. The third kappa shape index (κ3) is 3.14. The summed E-state index contributed by atoms with van der Waals surface area (Å²) in [5.74, 6) is 0.272. The molecular weight excluding hydrogens is 292 g/mol. The fourth-order valence-corrected chi connectivity index (χ4v) is 2.80. The Hall–Kier alpha value is -2.12. The maximum Gasteiger partial charge on any atom is 0.335 e. The van der Waals surface area contributed by atoms with Crippen molar-refractivity contribution in [2.24, 2.45) is 0 Å². The number of carbonyl (C=O) groups is 1. The van der Waals surface area contributed by atoms with Gasteiger partial charge in [-0.05, 0) is 18.2 Å². The Morgan fingerprint density at radius 1 is 1.33 bits per heavy atom. The second kappa shape index (κ2) is 6.11. The van der Waals surface area contributed by atoms with Crippen LogP contribution in [-0.2, 0) is 17.1 Å². The average molecular weight is 304 g/mol. The summed E-state index contributed by atoms with van der Waals surface area (Å²) in [6.45, 7) is 0.537. The molecule has 0 unspecified atom stereocenters. The molecule has 0 spiro atoms. The summed E-state index contributed by atoms with van der Waals surface area (Å²) in [5, 5.41) is 9.82. The molecule has 6 nitrogen and oxygen atoms in total. The number of carboxylic acids is 1. The zero-order valence-corrected chi connectivity index (χ0v) is 11.8. The minimum absolute atomic E-state index is 0.179. The summed E-state index contributed by atoms with van der Waals surface area (Å²) in [6, 6.07) is 4.96. The summed E-state index contributed by atoms with van der Waals surface area (Å²) in [7, 11) is 0. The third-order valence-corrected chi connectivity index (χ3v) is 3.86. The second-order valence-corrected chi connectivity index (χ2v) is 5.30. The molecule has 7 heteroatoms. The SMILES string of the molecule is O=C(O)c1cc2c(c(CSc3ncccn3)c1)OCOC2. The molecule has 0 amide bonds. The number of fused-ring (bicyclic) bond motifs is 1. The number of aromatic nitrogens is 2. The first-order valence-corrected chi connectivity index (χ1v) is 7.22. The minimum atomic E-state index is -0.967. The fourth-order valence-electron chi connectivity index (χ4n) is 2.03. The summed E-state index contributed by atoms with van der Waals surface area (Å²) < 4.78 is 10.7. The third-order valence-electron chi connectivity index (χ3n) is 2.93. The summed E-state index contributed by atoms with van der Waals surface area (Å²) in [6.07, 6.45) is 3.34. The molecule has 0 fully saturated rings. The molecule has 1 aliphatic rings. The highest BCUT2D eigenvalue weighted by atomic mass is 32.2. The van der Waals surface area contributed by atoms with E-state index in [-0.39, 0.29) is 12.4 Å². The number of aromatic carboxylic acids is 1. The predicted octanol–water partition coefficient (Wildman–Crippen LogP) is 2.33. The minimum Gasteiger partial charge on any atom is -0.478 e. The number of thioether (sulfide) groups is 1. The van der Waals surface area contributed by atoms with Gasteiger partial charge < -0.3 is 14.6 Å². The van der Waals surface area contributed by atoms with Gasteiger partial charge in [-0.2, -0.15) is 0 Å². The number of ether oxygens (including phenoxy) is 2. The van der Waals surface area contributed by atoms with Crippen molar-refractivity contribution in [1.82, 2.24) is 9.97 Å². The molecule has 1 aromatic heterocycles. The van der Waals surface area contributed by atoms with Crippen LogP contribution in [0.3, 0.4) is 0 Å². The maximum absolute atomic E-state index is 11.2. The van der Waals surface area contributed by atoms with E-state index in [1.165, 1.54) is 11.8 Å². The van der Waals surface area contributed by atoms with E-state index in [4.69, 9.17) is 9.47 Å². The number of carboxylic acid groups (broad SMARTS) is 1. The lowest BCUT2D eigenvalue weighted by atomic mass is 10.0. The van der Waals surface area contributed by atoms with Crippen LogP contribution in [0.1, 0.15) is 21.5 Å². The zero-order valence-electron chi connectivity index (χ0n) is 11.0. The topological polar surface area (TPSA) is 81.5 Å². The van der Waals surface area contributed by atoms with Gasteiger partial charge in [0.15, 0.2) is 11.9 Å². The van der Waals surface area contributed by atoms with Crippen molar-refractivity contribution < 1.29 is 19.4 Å². The first kappa shape index (κ1) is 13.8. The number of hydrogen-bond acceptors (Lipinski definition) is 6. The lowest BCUT2D eigenvalue weighted by Crippen LogP contribution is -2.14. The van der Waals surface area contributed by atoms with Crippen molar-refractivity contribution in [2.75, 3.05) is 6.79 Å². The monoisotopic (exact) mass is 304 g/mol. The molecule has 108 valence electrons. The first-order valence-electron chi connectivity index (χ1n) is 6.23. The molecule has 0 saturated heterocycles. The highest BCUT2D eigenvalue weighted by molar-refractivity contribution is 7.98. The lowest BCUT2D eigenvalue weighted by Gasteiger charge is -2.21. The number of nitrogens with zero attached hydrogens (tertiary/aromatic N) is 2. The van der Waals surface area contributed by atoms with E-state index < -0.39 is 5.97 Å². The Morgan fingerprint density at radius 2 is 2.14 bits per heavy atom. The highest BCUT2D eigenvalue weighted by Crippen LogP contribution is 2.33. The van der Waals surface area contributed by atoms with E-state index in [1.54, 1.807) is 30.6 Å². The molecule has 3 rings (SSSR count). The van der Waals surface area contributed by atoms with Crippen LogP contribution in [-0.4, -0.2) is 27.8 Å². The summed E-state index contributed by atoms with van der Waals surface area (Å²) in [4.78, 5) is 19.5. The normalized spacial score (nSPS) is 13.3. The fraction of sp³-hybridized carbons (Fsp3) is 0.214. The quantitative estimate of drug-likeness (QED) is 0.685. The molecule has 2 aromatic rings. The standard InChI is InChI=1S/C14H12N2O4S/c17-13(18)9-4-10-6-19-8-20-12(10)11(5-9)7-21-14-15-2-1-3-16-14/h1-5H,6-8H2,(H,17,18). The van der Waals surface area contributed by atoms with Gasteiger partial charge in [-0.25, -0.2) is 14.8 Å². The van der Waals surface area contributed by atoms with E-state index in [2.05, 4.69) is 9.97 Å². The van der Waals surface area contributed by atoms with Crippen molar-refractivity contribution in [3.05, 3.63) is 47.3 Å². The highest BCUT2D eigenvalue weighted by Gasteiger charge is 2.19. The van der Waals surface area contributed by atoms with E-state index in [0.717, 1.165) is 11.1 Å². The van der Waals surface area contributed by atoms with Gasteiger partial charge in [0.05, 0.1) is 12.2 Å². The molecule has 0 radical (unpaired) electrons. The van der Waals surface area contributed by atoms with Crippen molar-refractivity contribution in [3.63, 3.8) is 0 Å².